The molecule has 0 aromatic heterocycles. The first-order valence-corrected chi connectivity index (χ1v) is 9.95. The molecule has 1 atom stereocenters. The SMILES string of the molecule is CC1(C)CC(=O)C2=C(C1)Oc1ccc(Br)cc1C2CC(=O)c1ccccc1. The van der Waals surface area contributed by atoms with E-state index in [-0.39, 0.29) is 29.3 Å². The first-order valence-electron chi connectivity index (χ1n) is 9.16. The van der Waals surface area contributed by atoms with Gasteiger partial charge in [-0.25, -0.2) is 0 Å². The number of rotatable bonds is 3. The van der Waals surface area contributed by atoms with Gasteiger partial charge in [-0.15, -0.1) is 0 Å². The molecule has 4 rings (SSSR count). The Bertz CT molecular complexity index is 957. The maximum Gasteiger partial charge on any atom is 0.163 e. The molecule has 0 N–H and O–H groups in total. The number of hydrogen-bond acceptors (Lipinski definition) is 3. The molecule has 4 heteroatoms. The van der Waals surface area contributed by atoms with Crippen LogP contribution in [0.15, 0.2) is 64.3 Å². The van der Waals surface area contributed by atoms with Gasteiger partial charge in [-0.3, -0.25) is 9.59 Å². The highest BCUT2D eigenvalue weighted by atomic mass is 79.9. The Kier molecular flexibility index (Phi) is 4.55. The van der Waals surface area contributed by atoms with Crippen LogP contribution in [0.4, 0.5) is 0 Å². The van der Waals surface area contributed by atoms with Crippen molar-refractivity contribution < 1.29 is 14.3 Å². The summed E-state index contributed by atoms with van der Waals surface area (Å²) in [7, 11) is 0. The average Bonchev–Trinajstić information content (AvgIpc) is 2.61. The van der Waals surface area contributed by atoms with Crippen LogP contribution >= 0.6 is 15.9 Å². The molecular weight excluding hydrogens is 404 g/mol. The van der Waals surface area contributed by atoms with Gasteiger partial charge in [0.1, 0.15) is 11.5 Å². The van der Waals surface area contributed by atoms with E-state index in [0.29, 0.717) is 24.0 Å². The van der Waals surface area contributed by atoms with Crippen LogP contribution in [0.5, 0.6) is 5.75 Å². The van der Waals surface area contributed by atoms with E-state index in [1.54, 1.807) is 0 Å². The highest BCUT2D eigenvalue weighted by Crippen LogP contribution is 2.49. The molecule has 0 bridgehead atoms. The minimum Gasteiger partial charge on any atom is -0.461 e. The number of carbonyl (C=O) groups excluding carboxylic acids is 2. The van der Waals surface area contributed by atoms with Crippen molar-refractivity contribution in [3.05, 3.63) is 75.5 Å². The second-order valence-electron chi connectivity index (χ2n) is 8.11. The summed E-state index contributed by atoms with van der Waals surface area (Å²) >= 11 is 3.51. The third-order valence-electron chi connectivity index (χ3n) is 5.29. The number of halogens is 1. The van der Waals surface area contributed by atoms with Crippen molar-refractivity contribution in [2.75, 3.05) is 0 Å². The van der Waals surface area contributed by atoms with E-state index in [0.717, 1.165) is 21.5 Å². The zero-order chi connectivity index (χ0) is 19.2. The van der Waals surface area contributed by atoms with Crippen molar-refractivity contribution in [3.63, 3.8) is 0 Å². The standard InChI is InChI=1S/C23H21BrO3/c1-23(2)12-19(26)22-17(11-18(25)14-6-4-3-5-7-14)16-10-15(24)8-9-20(16)27-21(22)13-23/h3-10,17H,11-13H2,1-2H3. The van der Waals surface area contributed by atoms with Crippen LogP contribution in [-0.2, 0) is 4.79 Å². The molecule has 3 nitrogen and oxygen atoms in total. The van der Waals surface area contributed by atoms with Crippen molar-refractivity contribution >= 4 is 27.5 Å². The highest BCUT2D eigenvalue weighted by Gasteiger charge is 2.42. The van der Waals surface area contributed by atoms with E-state index in [9.17, 15) is 9.59 Å². The minimum atomic E-state index is -0.266. The van der Waals surface area contributed by atoms with Gasteiger partial charge in [0, 0.05) is 46.4 Å². The van der Waals surface area contributed by atoms with E-state index < -0.39 is 0 Å². The van der Waals surface area contributed by atoms with Gasteiger partial charge in [0.2, 0.25) is 0 Å². The van der Waals surface area contributed by atoms with Gasteiger partial charge in [0.05, 0.1) is 0 Å². The summed E-state index contributed by atoms with van der Waals surface area (Å²) < 4.78 is 7.05. The lowest BCUT2D eigenvalue weighted by Crippen LogP contribution is -2.33. The number of benzene rings is 2. The predicted octanol–water partition coefficient (Wildman–Crippen LogP) is 5.84. The van der Waals surface area contributed by atoms with Crippen molar-refractivity contribution in [2.45, 2.75) is 39.0 Å². The summed E-state index contributed by atoms with van der Waals surface area (Å²) in [5.74, 6) is 1.35. The number of ether oxygens (including phenoxy) is 1. The fourth-order valence-electron chi connectivity index (χ4n) is 4.07. The molecule has 2 aromatic rings. The van der Waals surface area contributed by atoms with Crippen LogP contribution < -0.4 is 4.74 Å². The van der Waals surface area contributed by atoms with E-state index in [2.05, 4.69) is 29.8 Å². The van der Waals surface area contributed by atoms with E-state index in [1.165, 1.54) is 0 Å². The normalized spacial score (nSPS) is 20.6. The molecule has 27 heavy (non-hydrogen) atoms. The summed E-state index contributed by atoms with van der Waals surface area (Å²) in [6.07, 6.45) is 1.45. The molecule has 0 saturated heterocycles. The maximum absolute atomic E-state index is 13.0. The average molecular weight is 425 g/mol. The molecule has 138 valence electrons. The minimum absolute atomic E-state index is 0.0397. The molecule has 2 aliphatic rings. The number of hydrogen-bond donors (Lipinski definition) is 0. The van der Waals surface area contributed by atoms with Crippen molar-refractivity contribution in [1.29, 1.82) is 0 Å². The van der Waals surface area contributed by atoms with Crippen LogP contribution in [0, 0.1) is 5.41 Å². The monoisotopic (exact) mass is 424 g/mol. The first kappa shape index (κ1) is 18.2. The number of Topliss-reactive ketones (excluding diaryl/α,β-unsaturated/α-hetero) is 2. The molecule has 1 aliphatic heterocycles. The lowest BCUT2D eigenvalue weighted by atomic mass is 9.70. The maximum atomic E-state index is 13.0. The van der Waals surface area contributed by atoms with Gasteiger partial charge in [-0.1, -0.05) is 60.1 Å². The third kappa shape index (κ3) is 3.51. The molecule has 0 amide bonds. The van der Waals surface area contributed by atoms with Crippen molar-refractivity contribution in [2.24, 2.45) is 5.41 Å². The molecule has 0 saturated carbocycles. The van der Waals surface area contributed by atoms with E-state index >= 15 is 0 Å². The van der Waals surface area contributed by atoms with Gasteiger partial charge in [0.15, 0.2) is 11.6 Å². The predicted molar refractivity (Wildman–Crippen MR) is 108 cm³/mol. The highest BCUT2D eigenvalue weighted by molar-refractivity contribution is 9.10. The Morgan fingerprint density at radius 3 is 2.63 bits per heavy atom. The molecule has 0 radical (unpaired) electrons. The Balaban J connectivity index is 1.78. The Labute approximate surface area is 167 Å². The van der Waals surface area contributed by atoms with Crippen LogP contribution in [-0.4, -0.2) is 11.6 Å². The largest absolute Gasteiger partial charge is 0.461 e. The molecule has 0 spiro atoms. The molecule has 1 aliphatic carbocycles. The first-order chi connectivity index (χ1) is 12.8. The Morgan fingerprint density at radius 2 is 1.89 bits per heavy atom. The summed E-state index contributed by atoms with van der Waals surface area (Å²) in [4.78, 5) is 25.9. The van der Waals surface area contributed by atoms with Crippen LogP contribution in [0.2, 0.25) is 0 Å². The number of fused-ring (bicyclic) bond motifs is 1. The van der Waals surface area contributed by atoms with E-state index in [4.69, 9.17) is 4.74 Å². The number of carbonyl (C=O) groups is 2. The van der Waals surface area contributed by atoms with Gasteiger partial charge in [-0.2, -0.15) is 0 Å². The number of ketones is 2. The summed E-state index contributed by atoms with van der Waals surface area (Å²) in [5, 5.41) is 0. The summed E-state index contributed by atoms with van der Waals surface area (Å²) in [6.45, 7) is 4.17. The quantitative estimate of drug-likeness (QED) is 0.581. The summed E-state index contributed by atoms with van der Waals surface area (Å²) in [5.41, 5.74) is 2.13. The molecule has 1 unspecified atom stereocenters. The zero-order valence-corrected chi connectivity index (χ0v) is 17.0. The lowest BCUT2D eigenvalue weighted by Gasteiger charge is -2.38. The van der Waals surface area contributed by atoms with Gasteiger partial charge >= 0.3 is 0 Å². The Hall–Kier alpha value is -2.20. The number of allylic oxidation sites excluding steroid dienone is 2. The second-order valence-corrected chi connectivity index (χ2v) is 9.02. The van der Waals surface area contributed by atoms with Gasteiger partial charge < -0.3 is 4.74 Å². The molecule has 2 aromatic carbocycles. The van der Waals surface area contributed by atoms with E-state index in [1.807, 2.05) is 48.5 Å². The van der Waals surface area contributed by atoms with Gasteiger partial charge in [-0.05, 0) is 23.6 Å². The fourth-order valence-corrected chi connectivity index (χ4v) is 4.45. The van der Waals surface area contributed by atoms with Crippen molar-refractivity contribution in [3.8, 4) is 5.75 Å². The third-order valence-corrected chi connectivity index (χ3v) is 5.79. The molecule has 1 heterocycles. The van der Waals surface area contributed by atoms with Crippen LogP contribution in [0.3, 0.4) is 0 Å². The smallest absolute Gasteiger partial charge is 0.163 e. The topological polar surface area (TPSA) is 43.4 Å². The van der Waals surface area contributed by atoms with Crippen molar-refractivity contribution in [1.82, 2.24) is 0 Å². The van der Waals surface area contributed by atoms with Crippen LogP contribution in [0.25, 0.3) is 0 Å². The molecule has 0 fully saturated rings. The molecular formula is C23H21BrO3. The zero-order valence-electron chi connectivity index (χ0n) is 15.4. The Morgan fingerprint density at radius 1 is 1.15 bits per heavy atom. The van der Waals surface area contributed by atoms with Gasteiger partial charge in [0.25, 0.3) is 0 Å². The lowest BCUT2D eigenvalue weighted by molar-refractivity contribution is -0.118. The van der Waals surface area contributed by atoms with Crippen LogP contribution in [0.1, 0.15) is 54.9 Å². The summed E-state index contributed by atoms with van der Waals surface area (Å²) in [6, 6.07) is 15.1. The fraction of sp³-hybridized carbons (Fsp3) is 0.304. The second kappa shape index (κ2) is 6.75.